The number of hydrogen-bond donors (Lipinski definition) is 1. The molecule has 1 aliphatic rings. The molecule has 1 aromatic rings. The van der Waals surface area contributed by atoms with Gasteiger partial charge in [0.15, 0.2) is 0 Å². The van der Waals surface area contributed by atoms with Crippen LogP contribution in [0.15, 0.2) is 18.3 Å². The van der Waals surface area contributed by atoms with Gasteiger partial charge in [0.2, 0.25) is 0 Å². The van der Waals surface area contributed by atoms with Crippen LogP contribution in [-0.2, 0) is 0 Å². The summed E-state index contributed by atoms with van der Waals surface area (Å²) in [6.07, 6.45) is 5.55. The van der Waals surface area contributed by atoms with Gasteiger partial charge in [0.1, 0.15) is 5.82 Å². The van der Waals surface area contributed by atoms with Crippen molar-refractivity contribution in [2.45, 2.75) is 37.5 Å². The zero-order chi connectivity index (χ0) is 10.5. The molecule has 0 amide bonds. The Bertz CT molecular complexity index is 291. The number of nitrogens with one attached hydrogen (secondary N) is 1. The molecular weight excluding hydrogens is 206 g/mol. The van der Waals surface area contributed by atoms with Crippen LogP contribution in [0.4, 0.5) is 5.82 Å². The van der Waals surface area contributed by atoms with E-state index in [9.17, 15) is 0 Å². The summed E-state index contributed by atoms with van der Waals surface area (Å²) in [6.45, 7) is 2.23. The molecule has 82 valence electrons. The Hall–Kier alpha value is -0.770. The topological polar surface area (TPSA) is 37.8 Å². The van der Waals surface area contributed by atoms with Crippen molar-refractivity contribution in [1.82, 2.24) is 10.2 Å². The lowest BCUT2D eigenvalue weighted by Crippen LogP contribution is -2.17. The van der Waals surface area contributed by atoms with Gasteiger partial charge in [-0.15, -0.1) is 5.10 Å². The summed E-state index contributed by atoms with van der Waals surface area (Å²) in [5.41, 5.74) is 0. The highest BCUT2D eigenvalue weighted by molar-refractivity contribution is 7.99. The van der Waals surface area contributed by atoms with Crippen molar-refractivity contribution >= 4 is 17.6 Å². The Morgan fingerprint density at radius 1 is 1.53 bits per heavy atom. The summed E-state index contributed by atoms with van der Waals surface area (Å²) >= 11 is 2.08. The molecule has 15 heavy (non-hydrogen) atoms. The van der Waals surface area contributed by atoms with Gasteiger partial charge in [-0.3, -0.25) is 0 Å². The summed E-state index contributed by atoms with van der Waals surface area (Å²) < 4.78 is 0. The number of hydrogen-bond acceptors (Lipinski definition) is 4. The van der Waals surface area contributed by atoms with E-state index in [0.717, 1.165) is 11.1 Å². The lowest BCUT2D eigenvalue weighted by atomic mass is 10.2. The normalized spacial score (nSPS) is 25.4. The molecule has 1 N–H and O–H groups in total. The molecule has 1 saturated carbocycles. The monoisotopic (exact) mass is 223 g/mol. The molecular formula is C11H17N3S. The Balaban J connectivity index is 1.82. The Morgan fingerprint density at radius 3 is 3.20 bits per heavy atom. The van der Waals surface area contributed by atoms with Crippen molar-refractivity contribution < 1.29 is 0 Å². The van der Waals surface area contributed by atoms with E-state index >= 15 is 0 Å². The smallest absolute Gasteiger partial charge is 0.148 e. The SMILES string of the molecule is CCSC1CCC(Nc2cccnn2)C1. The van der Waals surface area contributed by atoms with Crippen LogP contribution in [0.5, 0.6) is 0 Å². The van der Waals surface area contributed by atoms with Gasteiger partial charge in [-0.05, 0) is 37.1 Å². The van der Waals surface area contributed by atoms with E-state index in [1.54, 1.807) is 6.20 Å². The highest BCUT2D eigenvalue weighted by Gasteiger charge is 2.24. The predicted octanol–water partition coefficient (Wildman–Crippen LogP) is 2.56. The van der Waals surface area contributed by atoms with E-state index in [0.29, 0.717) is 6.04 Å². The predicted molar refractivity (Wildman–Crippen MR) is 65.2 cm³/mol. The highest BCUT2D eigenvalue weighted by atomic mass is 32.2. The van der Waals surface area contributed by atoms with E-state index < -0.39 is 0 Å². The first kappa shape index (κ1) is 10.7. The summed E-state index contributed by atoms with van der Waals surface area (Å²) in [5.74, 6) is 2.13. The van der Waals surface area contributed by atoms with Crippen LogP contribution >= 0.6 is 11.8 Å². The van der Waals surface area contributed by atoms with Gasteiger partial charge in [-0.1, -0.05) is 6.92 Å². The summed E-state index contributed by atoms with van der Waals surface area (Å²) in [4.78, 5) is 0. The number of nitrogens with zero attached hydrogens (tertiary/aromatic N) is 2. The average Bonchev–Trinajstić information content (AvgIpc) is 2.68. The molecule has 0 spiro atoms. The molecule has 1 heterocycles. The fourth-order valence-electron chi connectivity index (χ4n) is 2.05. The maximum atomic E-state index is 4.05. The van der Waals surface area contributed by atoms with Crippen LogP contribution in [0.1, 0.15) is 26.2 Å². The fraction of sp³-hybridized carbons (Fsp3) is 0.636. The molecule has 1 fully saturated rings. The number of rotatable bonds is 4. The van der Waals surface area contributed by atoms with Crippen molar-refractivity contribution in [3.63, 3.8) is 0 Å². The first-order chi connectivity index (χ1) is 7.38. The molecule has 2 rings (SSSR count). The lowest BCUT2D eigenvalue weighted by molar-refractivity contribution is 0.747. The molecule has 0 bridgehead atoms. The quantitative estimate of drug-likeness (QED) is 0.851. The van der Waals surface area contributed by atoms with Crippen molar-refractivity contribution in [2.75, 3.05) is 11.1 Å². The second-order valence-electron chi connectivity index (χ2n) is 3.84. The molecule has 0 aromatic carbocycles. The highest BCUT2D eigenvalue weighted by Crippen LogP contribution is 2.30. The fourth-order valence-corrected chi connectivity index (χ4v) is 3.19. The maximum Gasteiger partial charge on any atom is 0.148 e. The van der Waals surface area contributed by atoms with Crippen molar-refractivity contribution in [3.05, 3.63) is 18.3 Å². The van der Waals surface area contributed by atoms with E-state index in [1.807, 2.05) is 12.1 Å². The van der Waals surface area contributed by atoms with Crippen LogP contribution < -0.4 is 5.32 Å². The van der Waals surface area contributed by atoms with Gasteiger partial charge in [0, 0.05) is 17.5 Å². The largest absolute Gasteiger partial charge is 0.366 e. The zero-order valence-corrected chi connectivity index (χ0v) is 9.83. The third-order valence-electron chi connectivity index (χ3n) is 2.71. The van der Waals surface area contributed by atoms with Crippen LogP contribution in [0, 0.1) is 0 Å². The van der Waals surface area contributed by atoms with Gasteiger partial charge >= 0.3 is 0 Å². The molecule has 3 nitrogen and oxygen atoms in total. The average molecular weight is 223 g/mol. The second kappa shape index (κ2) is 5.35. The molecule has 1 aliphatic carbocycles. The minimum absolute atomic E-state index is 0.589. The van der Waals surface area contributed by atoms with Crippen molar-refractivity contribution in [3.8, 4) is 0 Å². The summed E-state index contributed by atoms with van der Waals surface area (Å²) in [5, 5.41) is 12.2. The molecule has 4 heteroatoms. The first-order valence-corrected chi connectivity index (χ1v) is 6.59. The molecule has 1 aromatic heterocycles. The van der Waals surface area contributed by atoms with Gasteiger partial charge < -0.3 is 5.32 Å². The molecule has 0 aliphatic heterocycles. The molecule has 2 unspecified atom stereocenters. The van der Waals surface area contributed by atoms with Crippen molar-refractivity contribution in [1.29, 1.82) is 0 Å². The van der Waals surface area contributed by atoms with E-state index in [2.05, 4.69) is 34.2 Å². The second-order valence-corrected chi connectivity index (χ2v) is 5.42. The van der Waals surface area contributed by atoms with Crippen LogP contribution in [0.2, 0.25) is 0 Å². The van der Waals surface area contributed by atoms with Gasteiger partial charge in [-0.25, -0.2) is 0 Å². The lowest BCUT2D eigenvalue weighted by Gasteiger charge is -2.12. The Kier molecular flexibility index (Phi) is 3.83. The maximum absolute atomic E-state index is 4.05. The number of aromatic nitrogens is 2. The zero-order valence-electron chi connectivity index (χ0n) is 9.02. The van der Waals surface area contributed by atoms with E-state index in [4.69, 9.17) is 0 Å². The number of anilines is 1. The summed E-state index contributed by atoms with van der Waals surface area (Å²) in [6, 6.07) is 4.49. The number of thioether (sulfide) groups is 1. The molecule has 2 atom stereocenters. The minimum Gasteiger partial charge on any atom is -0.366 e. The third kappa shape index (κ3) is 3.09. The minimum atomic E-state index is 0.589. The molecule has 0 radical (unpaired) electrons. The van der Waals surface area contributed by atoms with E-state index in [1.165, 1.54) is 25.0 Å². The van der Waals surface area contributed by atoms with Gasteiger partial charge in [-0.2, -0.15) is 16.9 Å². The van der Waals surface area contributed by atoms with Gasteiger partial charge in [0.25, 0.3) is 0 Å². The summed E-state index contributed by atoms with van der Waals surface area (Å²) in [7, 11) is 0. The molecule has 0 saturated heterocycles. The Morgan fingerprint density at radius 2 is 2.47 bits per heavy atom. The van der Waals surface area contributed by atoms with Gasteiger partial charge in [0.05, 0.1) is 0 Å². The van der Waals surface area contributed by atoms with Crippen LogP contribution in [-0.4, -0.2) is 27.2 Å². The first-order valence-electron chi connectivity index (χ1n) is 5.54. The standard InChI is InChI=1S/C11H17N3S/c1-2-15-10-6-5-9(8-10)13-11-4-3-7-12-14-11/h3-4,7,9-10H,2,5-6,8H2,1H3,(H,13,14). The third-order valence-corrected chi connectivity index (χ3v) is 3.94. The van der Waals surface area contributed by atoms with E-state index in [-0.39, 0.29) is 0 Å². The Labute approximate surface area is 95.1 Å². The van der Waals surface area contributed by atoms with Crippen LogP contribution in [0.3, 0.4) is 0 Å². The van der Waals surface area contributed by atoms with Crippen molar-refractivity contribution in [2.24, 2.45) is 0 Å². The van der Waals surface area contributed by atoms with Crippen LogP contribution in [0.25, 0.3) is 0 Å².